The second kappa shape index (κ2) is 4.83. The molecule has 0 aromatic heterocycles. The Kier molecular flexibility index (Phi) is 4.80. The van der Waals surface area contributed by atoms with Crippen molar-refractivity contribution >= 4 is 0 Å². The van der Waals surface area contributed by atoms with Crippen molar-refractivity contribution in [3.8, 4) is 0 Å². The Morgan fingerprint density at radius 1 is 1.25 bits per heavy atom. The van der Waals surface area contributed by atoms with Crippen LogP contribution in [0.1, 0.15) is 41.0 Å². The highest BCUT2D eigenvalue weighted by Gasteiger charge is 2.19. The van der Waals surface area contributed by atoms with Gasteiger partial charge >= 0.3 is 0 Å². The van der Waals surface area contributed by atoms with E-state index < -0.39 is 0 Å². The van der Waals surface area contributed by atoms with Gasteiger partial charge in [-0.05, 0) is 33.1 Å². The first kappa shape index (κ1) is 11.9. The maximum absolute atomic E-state index is 5.77. The molecule has 0 saturated carbocycles. The van der Waals surface area contributed by atoms with Gasteiger partial charge < -0.3 is 10.5 Å². The molecule has 2 nitrogen and oxygen atoms in total. The van der Waals surface area contributed by atoms with E-state index in [2.05, 4.69) is 20.8 Å². The SMILES string of the molecule is CC(C)CC(C)OC(C)(C)CN. The smallest absolute Gasteiger partial charge is 0.0751 e. The number of hydrogen-bond acceptors (Lipinski definition) is 2. The van der Waals surface area contributed by atoms with Crippen LogP contribution >= 0.6 is 0 Å². The molecule has 0 bridgehead atoms. The van der Waals surface area contributed by atoms with E-state index in [9.17, 15) is 0 Å². The normalized spacial score (nSPS) is 15.2. The van der Waals surface area contributed by atoms with Crippen molar-refractivity contribution in [2.75, 3.05) is 6.54 Å². The highest BCUT2D eigenvalue weighted by atomic mass is 16.5. The molecule has 1 unspecified atom stereocenters. The van der Waals surface area contributed by atoms with Crippen LogP contribution in [0.3, 0.4) is 0 Å². The summed E-state index contributed by atoms with van der Waals surface area (Å²) in [5.74, 6) is 0.688. The Labute approximate surface area is 76.5 Å². The fourth-order valence-electron chi connectivity index (χ4n) is 1.30. The quantitative estimate of drug-likeness (QED) is 0.691. The second-order valence-corrected chi connectivity index (χ2v) is 4.52. The molecule has 1 atom stereocenters. The van der Waals surface area contributed by atoms with Crippen LogP contribution in [0.2, 0.25) is 0 Å². The molecule has 0 fully saturated rings. The summed E-state index contributed by atoms with van der Waals surface area (Å²) in [6.07, 6.45) is 1.41. The van der Waals surface area contributed by atoms with E-state index in [0.29, 0.717) is 18.6 Å². The first-order valence-electron chi connectivity index (χ1n) is 4.75. The van der Waals surface area contributed by atoms with Crippen LogP contribution in [-0.4, -0.2) is 18.2 Å². The fraction of sp³-hybridized carbons (Fsp3) is 1.00. The predicted octanol–water partition coefficient (Wildman–Crippen LogP) is 2.17. The van der Waals surface area contributed by atoms with Gasteiger partial charge in [-0.15, -0.1) is 0 Å². The van der Waals surface area contributed by atoms with E-state index in [-0.39, 0.29) is 5.60 Å². The first-order chi connectivity index (χ1) is 5.37. The molecule has 0 aromatic rings. The third-order valence-corrected chi connectivity index (χ3v) is 1.82. The molecule has 2 N–H and O–H groups in total. The molecule has 0 saturated heterocycles. The maximum Gasteiger partial charge on any atom is 0.0751 e. The van der Waals surface area contributed by atoms with Crippen molar-refractivity contribution in [1.29, 1.82) is 0 Å². The summed E-state index contributed by atoms with van der Waals surface area (Å²) >= 11 is 0. The van der Waals surface area contributed by atoms with E-state index >= 15 is 0 Å². The Morgan fingerprint density at radius 3 is 2.08 bits per heavy atom. The average molecular weight is 173 g/mol. The zero-order valence-corrected chi connectivity index (χ0v) is 9.05. The standard InChI is InChI=1S/C10H23NO/c1-8(2)6-9(3)12-10(4,5)7-11/h8-9H,6-7,11H2,1-5H3. The molecule has 0 aliphatic carbocycles. The molecule has 0 radical (unpaired) electrons. The molecule has 74 valence electrons. The minimum Gasteiger partial charge on any atom is -0.371 e. The van der Waals surface area contributed by atoms with Gasteiger partial charge in [0.15, 0.2) is 0 Å². The third kappa shape index (κ3) is 5.56. The highest BCUT2D eigenvalue weighted by molar-refractivity contribution is 4.71. The number of rotatable bonds is 5. The number of nitrogens with two attached hydrogens (primary N) is 1. The van der Waals surface area contributed by atoms with Crippen LogP contribution in [0.15, 0.2) is 0 Å². The third-order valence-electron chi connectivity index (χ3n) is 1.82. The lowest BCUT2D eigenvalue weighted by molar-refractivity contribution is -0.0642. The summed E-state index contributed by atoms with van der Waals surface area (Å²) in [5.41, 5.74) is 5.39. The maximum atomic E-state index is 5.77. The molecular weight excluding hydrogens is 150 g/mol. The van der Waals surface area contributed by atoms with Gasteiger partial charge in [0.1, 0.15) is 0 Å². The van der Waals surface area contributed by atoms with Crippen molar-refractivity contribution in [2.45, 2.75) is 52.7 Å². The van der Waals surface area contributed by atoms with E-state index in [1.807, 2.05) is 13.8 Å². The molecule has 0 aliphatic heterocycles. The van der Waals surface area contributed by atoms with Crippen molar-refractivity contribution < 1.29 is 4.74 Å². The minimum absolute atomic E-state index is 0.172. The van der Waals surface area contributed by atoms with E-state index in [1.54, 1.807) is 0 Å². The zero-order valence-electron chi connectivity index (χ0n) is 9.05. The van der Waals surface area contributed by atoms with Crippen LogP contribution in [0, 0.1) is 5.92 Å². The highest BCUT2D eigenvalue weighted by Crippen LogP contribution is 2.15. The molecular formula is C10H23NO. The molecule has 0 rings (SSSR count). The van der Waals surface area contributed by atoms with Crippen LogP contribution < -0.4 is 5.73 Å². The lowest BCUT2D eigenvalue weighted by Crippen LogP contribution is -2.37. The van der Waals surface area contributed by atoms with Gasteiger partial charge in [0.2, 0.25) is 0 Å². The first-order valence-corrected chi connectivity index (χ1v) is 4.75. The van der Waals surface area contributed by atoms with Crippen molar-refractivity contribution in [2.24, 2.45) is 11.7 Å². The predicted molar refractivity (Wildman–Crippen MR) is 53.1 cm³/mol. The molecule has 12 heavy (non-hydrogen) atoms. The van der Waals surface area contributed by atoms with E-state index in [1.165, 1.54) is 0 Å². The number of hydrogen-bond donors (Lipinski definition) is 1. The second-order valence-electron chi connectivity index (χ2n) is 4.52. The topological polar surface area (TPSA) is 35.2 Å². The Morgan fingerprint density at radius 2 is 1.75 bits per heavy atom. The molecule has 0 heterocycles. The minimum atomic E-state index is -0.172. The van der Waals surface area contributed by atoms with Crippen molar-refractivity contribution in [1.82, 2.24) is 0 Å². The van der Waals surface area contributed by atoms with E-state index in [4.69, 9.17) is 10.5 Å². The van der Waals surface area contributed by atoms with Gasteiger partial charge in [-0.25, -0.2) is 0 Å². The lowest BCUT2D eigenvalue weighted by atomic mass is 10.1. The van der Waals surface area contributed by atoms with Crippen LogP contribution in [0.5, 0.6) is 0 Å². The van der Waals surface area contributed by atoms with Gasteiger partial charge in [-0.3, -0.25) is 0 Å². The van der Waals surface area contributed by atoms with Gasteiger partial charge in [-0.2, -0.15) is 0 Å². The molecule has 0 amide bonds. The fourth-order valence-corrected chi connectivity index (χ4v) is 1.30. The summed E-state index contributed by atoms with van der Waals surface area (Å²) in [7, 11) is 0. The Balaban J connectivity index is 3.75. The summed E-state index contributed by atoms with van der Waals surface area (Å²) in [5, 5.41) is 0. The van der Waals surface area contributed by atoms with Gasteiger partial charge in [0.25, 0.3) is 0 Å². The lowest BCUT2D eigenvalue weighted by Gasteiger charge is -2.28. The monoisotopic (exact) mass is 173 g/mol. The molecule has 0 aliphatic rings. The summed E-state index contributed by atoms with van der Waals surface area (Å²) < 4.78 is 5.77. The van der Waals surface area contributed by atoms with Crippen molar-refractivity contribution in [3.63, 3.8) is 0 Å². The van der Waals surface area contributed by atoms with Crippen LogP contribution in [-0.2, 0) is 4.74 Å². The van der Waals surface area contributed by atoms with Crippen molar-refractivity contribution in [3.05, 3.63) is 0 Å². The molecule has 2 heteroatoms. The van der Waals surface area contributed by atoms with E-state index in [0.717, 1.165) is 6.42 Å². The van der Waals surface area contributed by atoms with Gasteiger partial charge in [0, 0.05) is 6.54 Å². The Bertz CT molecular complexity index is 121. The summed E-state index contributed by atoms with van der Waals surface area (Å²) in [6, 6.07) is 0. The van der Waals surface area contributed by atoms with Gasteiger partial charge in [-0.1, -0.05) is 13.8 Å². The van der Waals surface area contributed by atoms with Crippen LogP contribution in [0.4, 0.5) is 0 Å². The van der Waals surface area contributed by atoms with Gasteiger partial charge in [0.05, 0.1) is 11.7 Å². The zero-order chi connectivity index (χ0) is 9.78. The average Bonchev–Trinajstić information content (AvgIpc) is 1.84. The molecule has 0 aromatic carbocycles. The largest absolute Gasteiger partial charge is 0.371 e. The summed E-state index contributed by atoms with van der Waals surface area (Å²) in [6.45, 7) is 11.2. The molecule has 0 spiro atoms. The Hall–Kier alpha value is -0.0800. The number of ether oxygens (including phenoxy) is 1. The summed E-state index contributed by atoms with van der Waals surface area (Å²) in [4.78, 5) is 0. The van der Waals surface area contributed by atoms with Crippen LogP contribution in [0.25, 0.3) is 0 Å².